The third kappa shape index (κ3) is 5.35. The van der Waals surface area contributed by atoms with E-state index in [4.69, 9.17) is 9.47 Å². The number of carbonyl (C=O) groups is 1. The third-order valence-corrected chi connectivity index (χ3v) is 3.77. The van der Waals surface area contributed by atoms with Gasteiger partial charge in [-0.15, -0.1) is 0 Å². The highest BCUT2D eigenvalue weighted by molar-refractivity contribution is 5.87. The third-order valence-electron chi connectivity index (χ3n) is 3.77. The van der Waals surface area contributed by atoms with Crippen molar-refractivity contribution in [3.63, 3.8) is 0 Å². The molecule has 0 aliphatic carbocycles. The van der Waals surface area contributed by atoms with Crippen LogP contribution >= 0.6 is 0 Å². The molecule has 0 unspecified atom stereocenters. The normalized spacial score (nSPS) is 10.6. The fourth-order valence-electron chi connectivity index (χ4n) is 2.45. The smallest absolute Gasteiger partial charge is 0.330 e. The second-order valence-corrected chi connectivity index (χ2v) is 5.65. The molecular formula is C23H20O3. The Hall–Kier alpha value is -3.33. The van der Waals surface area contributed by atoms with Gasteiger partial charge in [0, 0.05) is 6.08 Å². The summed E-state index contributed by atoms with van der Waals surface area (Å²) in [6.07, 6.45) is 3.15. The Bertz CT molecular complexity index is 838. The fourth-order valence-corrected chi connectivity index (χ4v) is 2.45. The van der Waals surface area contributed by atoms with E-state index in [0.717, 1.165) is 22.4 Å². The van der Waals surface area contributed by atoms with Crippen LogP contribution in [0.4, 0.5) is 0 Å². The quantitative estimate of drug-likeness (QED) is 0.344. The van der Waals surface area contributed by atoms with Crippen molar-refractivity contribution < 1.29 is 14.3 Å². The van der Waals surface area contributed by atoms with E-state index in [2.05, 4.69) is 12.1 Å². The van der Waals surface area contributed by atoms with Crippen molar-refractivity contribution in [2.75, 3.05) is 13.2 Å². The van der Waals surface area contributed by atoms with Gasteiger partial charge >= 0.3 is 5.97 Å². The zero-order valence-electron chi connectivity index (χ0n) is 14.4. The van der Waals surface area contributed by atoms with Crippen molar-refractivity contribution >= 4 is 12.0 Å². The number of carbonyl (C=O) groups excluding carboxylic acids is 1. The van der Waals surface area contributed by atoms with E-state index in [0.29, 0.717) is 6.61 Å². The summed E-state index contributed by atoms with van der Waals surface area (Å²) in [6, 6.07) is 27.6. The molecule has 0 amide bonds. The van der Waals surface area contributed by atoms with Gasteiger partial charge in [-0.3, -0.25) is 0 Å². The van der Waals surface area contributed by atoms with Crippen molar-refractivity contribution in [1.29, 1.82) is 0 Å². The van der Waals surface area contributed by atoms with Crippen molar-refractivity contribution in [3.05, 3.63) is 96.6 Å². The lowest BCUT2D eigenvalue weighted by Crippen LogP contribution is -2.10. The van der Waals surface area contributed by atoms with Crippen LogP contribution in [0.3, 0.4) is 0 Å². The van der Waals surface area contributed by atoms with Gasteiger partial charge in [-0.1, -0.05) is 72.8 Å². The molecule has 130 valence electrons. The molecule has 26 heavy (non-hydrogen) atoms. The standard InChI is InChI=1S/C23H20O3/c24-23(16-11-19-7-3-1-4-8-19)26-18-17-25-22-14-12-21(13-15-22)20-9-5-2-6-10-20/h1-16H,17-18H2/b16-11+. The molecule has 0 radical (unpaired) electrons. The molecule has 0 aliphatic heterocycles. The molecule has 0 saturated heterocycles. The highest BCUT2D eigenvalue weighted by Gasteiger charge is 2.00. The van der Waals surface area contributed by atoms with Crippen LogP contribution in [0.1, 0.15) is 5.56 Å². The topological polar surface area (TPSA) is 35.5 Å². The van der Waals surface area contributed by atoms with Gasteiger partial charge in [0.05, 0.1) is 0 Å². The lowest BCUT2D eigenvalue weighted by Gasteiger charge is -2.07. The summed E-state index contributed by atoms with van der Waals surface area (Å²) in [6.45, 7) is 0.522. The molecule has 0 aromatic heterocycles. The number of esters is 1. The molecule has 3 nitrogen and oxygen atoms in total. The average Bonchev–Trinajstić information content (AvgIpc) is 2.71. The second-order valence-electron chi connectivity index (χ2n) is 5.65. The van der Waals surface area contributed by atoms with E-state index in [1.165, 1.54) is 6.08 Å². The zero-order chi connectivity index (χ0) is 18.0. The predicted octanol–water partition coefficient (Wildman–Crippen LogP) is 4.99. The fraction of sp³-hybridized carbons (Fsp3) is 0.0870. The van der Waals surface area contributed by atoms with Gasteiger partial charge in [0.25, 0.3) is 0 Å². The lowest BCUT2D eigenvalue weighted by molar-refractivity contribution is -0.138. The van der Waals surface area contributed by atoms with Gasteiger partial charge in [-0.25, -0.2) is 4.79 Å². The summed E-state index contributed by atoms with van der Waals surface area (Å²) in [5.74, 6) is 0.373. The Morgan fingerprint density at radius 3 is 2.04 bits per heavy atom. The number of rotatable bonds is 7. The van der Waals surface area contributed by atoms with E-state index >= 15 is 0 Å². The summed E-state index contributed by atoms with van der Waals surface area (Å²) in [5.41, 5.74) is 3.26. The largest absolute Gasteiger partial charge is 0.490 e. The first kappa shape index (κ1) is 17.5. The Balaban J connectivity index is 1.41. The maximum Gasteiger partial charge on any atom is 0.330 e. The molecule has 0 bridgehead atoms. The van der Waals surface area contributed by atoms with Gasteiger partial charge in [0.1, 0.15) is 19.0 Å². The molecule has 0 fully saturated rings. The molecule has 0 aliphatic rings. The summed E-state index contributed by atoms with van der Waals surface area (Å²) in [7, 11) is 0. The van der Waals surface area contributed by atoms with Crippen LogP contribution in [0.25, 0.3) is 17.2 Å². The van der Waals surface area contributed by atoms with E-state index in [1.807, 2.05) is 72.8 Å². The predicted molar refractivity (Wildman–Crippen MR) is 104 cm³/mol. The SMILES string of the molecule is O=C(/C=C/c1ccccc1)OCCOc1ccc(-c2ccccc2)cc1. The first-order chi connectivity index (χ1) is 12.8. The minimum absolute atomic E-state index is 0.207. The molecule has 3 aromatic rings. The van der Waals surface area contributed by atoms with Crippen LogP contribution in [0.2, 0.25) is 0 Å². The van der Waals surface area contributed by atoms with Crippen molar-refractivity contribution in [2.24, 2.45) is 0 Å². The highest BCUT2D eigenvalue weighted by atomic mass is 16.6. The Labute approximate surface area is 153 Å². The zero-order valence-corrected chi connectivity index (χ0v) is 14.4. The van der Waals surface area contributed by atoms with Crippen molar-refractivity contribution in [1.82, 2.24) is 0 Å². The minimum atomic E-state index is -0.378. The minimum Gasteiger partial charge on any atom is -0.490 e. The van der Waals surface area contributed by atoms with Crippen LogP contribution in [0, 0.1) is 0 Å². The van der Waals surface area contributed by atoms with Crippen molar-refractivity contribution in [3.8, 4) is 16.9 Å². The molecule has 3 rings (SSSR count). The monoisotopic (exact) mass is 344 g/mol. The molecule has 0 saturated carbocycles. The highest BCUT2D eigenvalue weighted by Crippen LogP contribution is 2.21. The van der Waals surface area contributed by atoms with Crippen LogP contribution in [-0.2, 0) is 9.53 Å². The number of hydrogen-bond acceptors (Lipinski definition) is 3. The number of benzene rings is 3. The Kier molecular flexibility index (Phi) is 6.21. The van der Waals surface area contributed by atoms with E-state index in [9.17, 15) is 4.79 Å². The molecule has 0 N–H and O–H groups in total. The maximum atomic E-state index is 11.7. The van der Waals surface area contributed by atoms with E-state index in [1.54, 1.807) is 6.08 Å². The van der Waals surface area contributed by atoms with Gasteiger partial charge in [0.2, 0.25) is 0 Å². The van der Waals surface area contributed by atoms with Crippen LogP contribution in [-0.4, -0.2) is 19.2 Å². The second kappa shape index (κ2) is 9.23. The molecular weight excluding hydrogens is 324 g/mol. The number of hydrogen-bond donors (Lipinski definition) is 0. The van der Waals surface area contributed by atoms with Crippen molar-refractivity contribution in [2.45, 2.75) is 0 Å². The van der Waals surface area contributed by atoms with Crippen LogP contribution in [0.5, 0.6) is 5.75 Å². The average molecular weight is 344 g/mol. The molecule has 0 spiro atoms. The van der Waals surface area contributed by atoms with E-state index < -0.39 is 0 Å². The summed E-state index contributed by atoms with van der Waals surface area (Å²) >= 11 is 0. The maximum absolute atomic E-state index is 11.7. The van der Waals surface area contributed by atoms with Crippen LogP contribution in [0.15, 0.2) is 91.0 Å². The first-order valence-corrected chi connectivity index (χ1v) is 8.49. The molecule has 3 heteroatoms. The van der Waals surface area contributed by atoms with Gasteiger partial charge in [-0.05, 0) is 34.9 Å². The Morgan fingerprint density at radius 1 is 0.731 bits per heavy atom. The molecule has 0 heterocycles. The summed E-state index contributed by atoms with van der Waals surface area (Å²) in [5, 5.41) is 0. The Morgan fingerprint density at radius 2 is 1.35 bits per heavy atom. The summed E-state index contributed by atoms with van der Waals surface area (Å²) < 4.78 is 10.7. The van der Waals surface area contributed by atoms with Gasteiger partial charge < -0.3 is 9.47 Å². The summed E-state index contributed by atoms with van der Waals surface area (Å²) in [4.78, 5) is 11.7. The van der Waals surface area contributed by atoms with Gasteiger partial charge in [-0.2, -0.15) is 0 Å². The van der Waals surface area contributed by atoms with Gasteiger partial charge in [0.15, 0.2) is 0 Å². The lowest BCUT2D eigenvalue weighted by atomic mass is 10.1. The first-order valence-electron chi connectivity index (χ1n) is 8.49. The molecule has 0 atom stereocenters. The van der Waals surface area contributed by atoms with Crippen LogP contribution < -0.4 is 4.74 Å². The molecule has 3 aromatic carbocycles. The van der Waals surface area contributed by atoms with E-state index in [-0.39, 0.29) is 12.6 Å². The number of ether oxygens (including phenoxy) is 2.